The molecule has 2 N–H and O–H groups in total. The van der Waals surface area contributed by atoms with Crippen LogP contribution in [0.3, 0.4) is 0 Å². The number of fused-ring (bicyclic) bond motifs is 1. The summed E-state index contributed by atoms with van der Waals surface area (Å²) in [5.74, 6) is 0.261. The highest BCUT2D eigenvalue weighted by Gasteiger charge is 2.19. The lowest BCUT2D eigenvalue weighted by molar-refractivity contribution is 0.480. The first-order valence-electron chi connectivity index (χ1n) is 5.66. The Labute approximate surface area is 94.1 Å². The Morgan fingerprint density at radius 1 is 1.31 bits per heavy atom. The largest absolute Gasteiger partial charge is 0.506 e. The number of nitrogens with one attached hydrogen (secondary N) is 1. The normalized spacial score (nSPS) is 20.4. The molecule has 1 unspecified atom stereocenters. The van der Waals surface area contributed by atoms with E-state index < -0.39 is 0 Å². The Morgan fingerprint density at radius 3 is 3.06 bits per heavy atom. The van der Waals surface area contributed by atoms with Gasteiger partial charge in [0.25, 0.3) is 0 Å². The maximum absolute atomic E-state index is 9.76. The topological polar surface area (TPSA) is 45.1 Å². The maximum atomic E-state index is 9.76. The van der Waals surface area contributed by atoms with Crippen LogP contribution in [-0.2, 0) is 0 Å². The van der Waals surface area contributed by atoms with Gasteiger partial charge in [0.05, 0.1) is 0 Å². The number of hydrogen-bond donors (Lipinski definition) is 2. The minimum absolute atomic E-state index is 0.261. The summed E-state index contributed by atoms with van der Waals surface area (Å²) in [6, 6.07) is 8.09. The Balaban J connectivity index is 2.21. The number of rotatable bonds is 1. The smallest absolute Gasteiger partial charge is 0.141 e. The fraction of sp³-hybridized carbons (Fsp3) is 0.308. The van der Waals surface area contributed by atoms with Gasteiger partial charge in [-0.2, -0.15) is 0 Å². The average molecular weight is 214 g/mol. The zero-order chi connectivity index (χ0) is 11.0. The van der Waals surface area contributed by atoms with E-state index in [9.17, 15) is 5.11 Å². The highest BCUT2D eigenvalue weighted by atomic mass is 16.3. The monoisotopic (exact) mass is 214 g/mol. The molecule has 0 spiro atoms. The molecule has 0 amide bonds. The van der Waals surface area contributed by atoms with Crippen molar-refractivity contribution in [2.75, 3.05) is 6.54 Å². The maximum Gasteiger partial charge on any atom is 0.141 e. The first-order chi connectivity index (χ1) is 7.86. The van der Waals surface area contributed by atoms with Crippen LogP contribution >= 0.6 is 0 Å². The molecule has 0 radical (unpaired) electrons. The predicted molar refractivity (Wildman–Crippen MR) is 63.4 cm³/mol. The molecule has 2 aromatic rings. The van der Waals surface area contributed by atoms with Crippen LogP contribution in [0.5, 0.6) is 5.75 Å². The molecular weight excluding hydrogens is 200 g/mol. The Morgan fingerprint density at radius 2 is 2.25 bits per heavy atom. The summed E-state index contributed by atoms with van der Waals surface area (Å²) in [6.07, 6.45) is 4.09. The van der Waals surface area contributed by atoms with Crippen LogP contribution in [0.15, 0.2) is 30.5 Å². The molecule has 1 aromatic heterocycles. The lowest BCUT2D eigenvalue weighted by atomic mass is 10.00. The van der Waals surface area contributed by atoms with Gasteiger partial charge in [0.1, 0.15) is 11.3 Å². The Hall–Kier alpha value is -1.61. The molecule has 1 atom stereocenters. The summed E-state index contributed by atoms with van der Waals surface area (Å²) in [5, 5.41) is 14.3. The van der Waals surface area contributed by atoms with Gasteiger partial charge in [-0.3, -0.25) is 4.98 Å². The van der Waals surface area contributed by atoms with Crippen molar-refractivity contribution < 1.29 is 5.11 Å². The van der Waals surface area contributed by atoms with Gasteiger partial charge in [-0.05, 0) is 37.1 Å². The zero-order valence-corrected chi connectivity index (χ0v) is 8.98. The first kappa shape index (κ1) is 9.60. The molecule has 1 aliphatic rings. The van der Waals surface area contributed by atoms with Crippen molar-refractivity contribution in [3.63, 3.8) is 0 Å². The molecule has 0 saturated carbocycles. The van der Waals surface area contributed by atoms with E-state index >= 15 is 0 Å². The van der Waals surface area contributed by atoms with Crippen molar-refractivity contribution in [3.05, 3.63) is 36.0 Å². The Bertz CT molecular complexity index is 518. The molecular formula is C13H14N2O. The van der Waals surface area contributed by atoms with E-state index in [0.717, 1.165) is 18.4 Å². The molecule has 3 rings (SSSR count). The predicted octanol–water partition coefficient (Wildman–Crippen LogP) is 2.36. The molecule has 82 valence electrons. The third kappa shape index (κ3) is 1.44. The van der Waals surface area contributed by atoms with Crippen LogP contribution in [-0.4, -0.2) is 16.6 Å². The lowest BCUT2D eigenvalue weighted by Crippen LogP contribution is -2.13. The van der Waals surface area contributed by atoms with Gasteiger partial charge >= 0.3 is 0 Å². The minimum Gasteiger partial charge on any atom is -0.506 e. The highest BCUT2D eigenvalue weighted by Crippen LogP contribution is 2.32. The SMILES string of the molecule is Oc1ccc(C2CCCN2)c2cccnc12. The number of phenolic OH excluding ortho intramolecular Hbond substituents is 1. The van der Waals surface area contributed by atoms with Crippen molar-refractivity contribution in [3.8, 4) is 5.75 Å². The molecule has 16 heavy (non-hydrogen) atoms. The van der Waals surface area contributed by atoms with Gasteiger partial charge in [0.2, 0.25) is 0 Å². The summed E-state index contributed by atoms with van der Waals surface area (Å²) in [7, 11) is 0. The third-order valence-electron chi connectivity index (χ3n) is 3.22. The van der Waals surface area contributed by atoms with Crippen LogP contribution in [0.2, 0.25) is 0 Å². The summed E-state index contributed by atoms with van der Waals surface area (Å²) in [5.41, 5.74) is 1.95. The molecule has 3 nitrogen and oxygen atoms in total. The van der Waals surface area contributed by atoms with E-state index in [4.69, 9.17) is 0 Å². The van der Waals surface area contributed by atoms with Gasteiger partial charge in [-0.25, -0.2) is 0 Å². The van der Waals surface area contributed by atoms with Gasteiger partial charge < -0.3 is 10.4 Å². The highest BCUT2D eigenvalue weighted by molar-refractivity contribution is 5.87. The van der Waals surface area contributed by atoms with Gasteiger partial charge in [-0.15, -0.1) is 0 Å². The van der Waals surface area contributed by atoms with Crippen LogP contribution in [0.1, 0.15) is 24.4 Å². The zero-order valence-electron chi connectivity index (χ0n) is 8.98. The molecule has 1 saturated heterocycles. The van der Waals surface area contributed by atoms with E-state index in [-0.39, 0.29) is 5.75 Å². The number of aromatic hydroxyl groups is 1. The van der Waals surface area contributed by atoms with Gasteiger partial charge in [0, 0.05) is 17.6 Å². The third-order valence-corrected chi connectivity index (χ3v) is 3.22. The van der Waals surface area contributed by atoms with E-state index in [1.165, 1.54) is 12.0 Å². The fourth-order valence-electron chi connectivity index (χ4n) is 2.43. The van der Waals surface area contributed by atoms with Crippen LogP contribution < -0.4 is 5.32 Å². The molecule has 3 heteroatoms. The molecule has 1 fully saturated rings. The number of nitrogens with zero attached hydrogens (tertiary/aromatic N) is 1. The number of pyridine rings is 1. The lowest BCUT2D eigenvalue weighted by Gasteiger charge is -2.13. The molecule has 2 heterocycles. The second-order valence-corrected chi connectivity index (χ2v) is 4.22. The fourth-order valence-corrected chi connectivity index (χ4v) is 2.43. The van der Waals surface area contributed by atoms with Crippen molar-refractivity contribution in [2.45, 2.75) is 18.9 Å². The first-order valence-corrected chi connectivity index (χ1v) is 5.66. The number of phenols is 1. The van der Waals surface area contributed by atoms with E-state index in [2.05, 4.69) is 10.3 Å². The number of benzene rings is 1. The molecule has 0 aliphatic carbocycles. The standard InChI is InChI=1S/C13H14N2O/c16-12-6-5-9(11-4-2-7-14-11)10-3-1-8-15-13(10)12/h1,3,5-6,8,11,14,16H,2,4,7H2. The Kier molecular flexibility index (Phi) is 2.26. The van der Waals surface area contributed by atoms with Crippen molar-refractivity contribution in [1.82, 2.24) is 10.3 Å². The second-order valence-electron chi connectivity index (χ2n) is 4.22. The van der Waals surface area contributed by atoms with Crippen molar-refractivity contribution >= 4 is 10.9 Å². The van der Waals surface area contributed by atoms with Crippen LogP contribution in [0.25, 0.3) is 10.9 Å². The van der Waals surface area contributed by atoms with Crippen molar-refractivity contribution in [1.29, 1.82) is 0 Å². The van der Waals surface area contributed by atoms with Crippen LogP contribution in [0.4, 0.5) is 0 Å². The van der Waals surface area contributed by atoms with E-state index in [1.807, 2.05) is 18.2 Å². The second kappa shape index (κ2) is 3.76. The summed E-state index contributed by atoms with van der Waals surface area (Å²) in [6.45, 7) is 1.08. The van der Waals surface area contributed by atoms with E-state index in [1.54, 1.807) is 12.3 Å². The minimum atomic E-state index is 0.261. The van der Waals surface area contributed by atoms with Crippen molar-refractivity contribution in [2.24, 2.45) is 0 Å². The summed E-state index contributed by atoms with van der Waals surface area (Å²) in [4.78, 5) is 4.24. The summed E-state index contributed by atoms with van der Waals surface area (Å²) >= 11 is 0. The van der Waals surface area contributed by atoms with Gasteiger partial charge in [-0.1, -0.05) is 12.1 Å². The molecule has 1 aliphatic heterocycles. The average Bonchev–Trinajstić information content (AvgIpc) is 2.83. The number of aromatic nitrogens is 1. The van der Waals surface area contributed by atoms with Crippen LogP contribution in [0, 0.1) is 0 Å². The summed E-state index contributed by atoms with van der Waals surface area (Å²) < 4.78 is 0. The number of hydrogen-bond acceptors (Lipinski definition) is 3. The quantitative estimate of drug-likeness (QED) is 0.766. The molecule has 0 bridgehead atoms. The molecule has 1 aromatic carbocycles. The van der Waals surface area contributed by atoms with Gasteiger partial charge in [0.15, 0.2) is 0 Å². The van der Waals surface area contributed by atoms with E-state index in [0.29, 0.717) is 11.6 Å².